The first-order valence-electron chi connectivity index (χ1n) is 8.86. The minimum absolute atomic E-state index is 0.00640. The van der Waals surface area contributed by atoms with Gasteiger partial charge in [0.2, 0.25) is 5.91 Å². The van der Waals surface area contributed by atoms with E-state index in [0.717, 1.165) is 23.0 Å². The van der Waals surface area contributed by atoms with E-state index in [1.54, 1.807) is 18.0 Å². The van der Waals surface area contributed by atoms with E-state index in [1.807, 2.05) is 6.07 Å². The number of likely N-dealkylation sites (tertiary alicyclic amines) is 1. The molecule has 2 heterocycles. The van der Waals surface area contributed by atoms with Gasteiger partial charge < -0.3 is 9.47 Å². The highest BCUT2D eigenvalue weighted by Crippen LogP contribution is 2.22. The number of carbonyl (C=O) groups is 1. The molecule has 1 aromatic carbocycles. The minimum Gasteiger partial charge on any atom is -0.336 e. The molecule has 7 heteroatoms. The molecule has 3 rings (SSSR count). The van der Waals surface area contributed by atoms with Crippen LogP contribution in [0.15, 0.2) is 46.1 Å². The van der Waals surface area contributed by atoms with Crippen molar-refractivity contribution in [3.05, 3.63) is 74.3 Å². The van der Waals surface area contributed by atoms with Gasteiger partial charge in [-0.2, -0.15) is 0 Å². The van der Waals surface area contributed by atoms with Crippen LogP contribution in [0.4, 0.5) is 4.39 Å². The van der Waals surface area contributed by atoms with E-state index >= 15 is 0 Å². The Morgan fingerprint density at radius 2 is 2.07 bits per heavy atom. The molecule has 1 aromatic heterocycles. The molecule has 1 aliphatic rings. The Morgan fingerprint density at radius 3 is 2.81 bits per heavy atom. The van der Waals surface area contributed by atoms with E-state index in [9.17, 15) is 18.8 Å². The number of halogens is 1. The third-order valence-corrected chi connectivity index (χ3v) is 4.90. The number of aryl methyl sites for hydroxylation is 1. The molecule has 1 aliphatic heterocycles. The number of aromatic nitrogens is 2. The van der Waals surface area contributed by atoms with Crippen LogP contribution < -0.4 is 11.2 Å². The van der Waals surface area contributed by atoms with Crippen LogP contribution in [0, 0.1) is 5.82 Å². The van der Waals surface area contributed by atoms with Crippen molar-refractivity contribution in [1.29, 1.82) is 0 Å². The van der Waals surface area contributed by atoms with Crippen LogP contribution in [0.1, 0.15) is 24.0 Å². The summed E-state index contributed by atoms with van der Waals surface area (Å²) in [4.78, 5) is 38.3. The number of amides is 1. The van der Waals surface area contributed by atoms with Gasteiger partial charge in [0.25, 0.3) is 5.56 Å². The van der Waals surface area contributed by atoms with Gasteiger partial charge in [-0.05, 0) is 43.0 Å². The molecule has 1 amide bonds. The standard InChI is InChI=1S/C20H22FN3O3/c1-22-13-15(19(26)23(2)20(22)27)8-9-18(25)24-10-4-7-17(24)12-14-5-3-6-16(21)11-14/h3,5-6,8-9,11,13,17H,4,7,10,12H2,1-2H3/b9-8-/t17-/m0/s1. The van der Waals surface area contributed by atoms with E-state index in [0.29, 0.717) is 13.0 Å². The average Bonchev–Trinajstić information content (AvgIpc) is 3.10. The molecule has 0 N–H and O–H groups in total. The summed E-state index contributed by atoms with van der Waals surface area (Å²) in [7, 11) is 2.95. The predicted molar refractivity (Wildman–Crippen MR) is 101 cm³/mol. The normalized spacial score (nSPS) is 17.0. The van der Waals surface area contributed by atoms with E-state index in [-0.39, 0.29) is 23.3 Å². The topological polar surface area (TPSA) is 64.3 Å². The smallest absolute Gasteiger partial charge is 0.330 e. The van der Waals surface area contributed by atoms with Crippen molar-refractivity contribution in [3.63, 3.8) is 0 Å². The molecule has 1 atom stereocenters. The summed E-state index contributed by atoms with van der Waals surface area (Å²) in [6.45, 7) is 0.633. The Kier molecular flexibility index (Phi) is 5.39. The van der Waals surface area contributed by atoms with Gasteiger partial charge in [0.05, 0.1) is 5.56 Å². The maximum atomic E-state index is 13.4. The first-order chi connectivity index (χ1) is 12.9. The molecule has 1 fully saturated rings. The minimum atomic E-state index is -0.445. The zero-order valence-electron chi connectivity index (χ0n) is 15.4. The lowest BCUT2D eigenvalue weighted by molar-refractivity contribution is -0.126. The summed E-state index contributed by atoms with van der Waals surface area (Å²) in [5.74, 6) is -0.474. The lowest BCUT2D eigenvalue weighted by Crippen LogP contribution is -2.38. The number of rotatable bonds is 4. The highest BCUT2D eigenvalue weighted by atomic mass is 19.1. The van der Waals surface area contributed by atoms with Crippen LogP contribution in [0.5, 0.6) is 0 Å². The second kappa shape index (κ2) is 7.73. The van der Waals surface area contributed by atoms with Gasteiger partial charge in [-0.1, -0.05) is 12.1 Å². The molecule has 2 aromatic rings. The largest absolute Gasteiger partial charge is 0.336 e. The molecule has 0 unspecified atom stereocenters. The molecule has 0 saturated carbocycles. The summed E-state index contributed by atoms with van der Waals surface area (Å²) in [5, 5.41) is 0. The van der Waals surface area contributed by atoms with Crippen molar-refractivity contribution in [1.82, 2.24) is 14.0 Å². The molecule has 0 spiro atoms. The molecule has 0 bridgehead atoms. The van der Waals surface area contributed by atoms with Crippen molar-refractivity contribution in [2.75, 3.05) is 6.54 Å². The fourth-order valence-corrected chi connectivity index (χ4v) is 3.48. The zero-order chi connectivity index (χ0) is 19.6. The summed E-state index contributed by atoms with van der Waals surface area (Å²) >= 11 is 0. The van der Waals surface area contributed by atoms with E-state index in [1.165, 1.54) is 42.1 Å². The van der Waals surface area contributed by atoms with Crippen LogP contribution in [-0.2, 0) is 25.3 Å². The first kappa shape index (κ1) is 18.8. The molecule has 1 saturated heterocycles. The summed E-state index contributed by atoms with van der Waals surface area (Å²) in [5.41, 5.74) is 0.266. The predicted octanol–water partition coefficient (Wildman–Crippen LogP) is 1.47. The van der Waals surface area contributed by atoms with Crippen molar-refractivity contribution in [2.45, 2.75) is 25.3 Å². The molecule has 142 valence electrons. The van der Waals surface area contributed by atoms with Crippen molar-refractivity contribution in [3.8, 4) is 0 Å². The molecule has 0 aliphatic carbocycles. The third kappa shape index (κ3) is 4.07. The van der Waals surface area contributed by atoms with Gasteiger partial charge in [0.15, 0.2) is 0 Å². The second-order valence-corrected chi connectivity index (χ2v) is 6.84. The maximum Gasteiger partial charge on any atom is 0.330 e. The molecular formula is C20H22FN3O3. The molecule has 0 radical (unpaired) electrons. The Balaban J connectivity index is 1.76. The Bertz CT molecular complexity index is 1010. The fraction of sp³-hybridized carbons (Fsp3) is 0.350. The van der Waals surface area contributed by atoms with Gasteiger partial charge >= 0.3 is 5.69 Å². The lowest BCUT2D eigenvalue weighted by atomic mass is 10.0. The van der Waals surface area contributed by atoms with Crippen molar-refractivity contribution in [2.24, 2.45) is 14.1 Å². The Labute approximate surface area is 156 Å². The first-order valence-corrected chi connectivity index (χ1v) is 8.86. The summed E-state index contributed by atoms with van der Waals surface area (Å²) in [6.07, 6.45) is 6.58. The summed E-state index contributed by atoms with van der Waals surface area (Å²) < 4.78 is 15.7. The van der Waals surface area contributed by atoms with Gasteiger partial charge in [-0.3, -0.25) is 14.2 Å². The van der Waals surface area contributed by atoms with Crippen LogP contribution in [0.3, 0.4) is 0 Å². The van der Waals surface area contributed by atoms with E-state index in [2.05, 4.69) is 0 Å². The Hall–Kier alpha value is -2.96. The van der Waals surface area contributed by atoms with Crippen LogP contribution in [-0.4, -0.2) is 32.5 Å². The number of hydrogen-bond acceptors (Lipinski definition) is 3. The molecular weight excluding hydrogens is 349 g/mol. The lowest BCUT2D eigenvalue weighted by Gasteiger charge is -2.23. The van der Waals surface area contributed by atoms with Crippen molar-refractivity contribution < 1.29 is 9.18 Å². The quantitative estimate of drug-likeness (QED) is 0.765. The van der Waals surface area contributed by atoms with Crippen LogP contribution in [0.2, 0.25) is 0 Å². The van der Waals surface area contributed by atoms with Crippen LogP contribution in [0.25, 0.3) is 6.08 Å². The third-order valence-electron chi connectivity index (χ3n) is 4.90. The van der Waals surface area contributed by atoms with E-state index in [4.69, 9.17) is 0 Å². The van der Waals surface area contributed by atoms with Crippen LogP contribution >= 0.6 is 0 Å². The number of hydrogen-bond donors (Lipinski definition) is 0. The van der Waals surface area contributed by atoms with Gasteiger partial charge in [0, 0.05) is 39.0 Å². The number of benzene rings is 1. The maximum absolute atomic E-state index is 13.4. The average molecular weight is 371 g/mol. The SMILES string of the molecule is Cn1cc(/C=C\C(=O)N2CCC[C@H]2Cc2cccc(F)c2)c(=O)n(C)c1=O. The molecule has 27 heavy (non-hydrogen) atoms. The van der Waals surface area contributed by atoms with E-state index < -0.39 is 11.2 Å². The zero-order valence-corrected chi connectivity index (χ0v) is 15.4. The Morgan fingerprint density at radius 1 is 1.30 bits per heavy atom. The number of nitrogens with zero attached hydrogens (tertiary/aromatic N) is 3. The fourth-order valence-electron chi connectivity index (χ4n) is 3.48. The van der Waals surface area contributed by atoms with Gasteiger partial charge in [-0.25, -0.2) is 9.18 Å². The highest BCUT2D eigenvalue weighted by molar-refractivity contribution is 5.92. The molecule has 6 nitrogen and oxygen atoms in total. The monoisotopic (exact) mass is 371 g/mol. The summed E-state index contributed by atoms with van der Waals surface area (Å²) in [6, 6.07) is 6.42. The second-order valence-electron chi connectivity index (χ2n) is 6.84. The van der Waals surface area contributed by atoms with Gasteiger partial charge in [0.1, 0.15) is 5.82 Å². The highest BCUT2D eigenvalue weighted by Gasteiger charge is 2.27. The van der Waals surface area contributed by atoms with Crippen molar-refractivity contribution >= 4 is 12.0 Å². The van der Waals surface area contributed by atoms with Gasteiger partial charge in [-0.15, -0.1) is 0 Å². The number of carbonyl (C=O) groups excluding carboxylic acids is 1.